The highest BCUT2D eigenvalue weighted by atomic mass is 35.5. The number of benzene rings is 1. The van der Waals surface area contributed by atoms with Gasteiger partial charge in [0.05, 0.1) is 11.1 Å². The van der Waals surface area contributed by atoms with Crippen molar-refractivity contribution in [3.63, 3.8) is 0 Å². The second kappa shape index (κ2) is 9.30. The molecule has 2 heterocycles. The molecule has 2 aromatic heterocycles. The van der Waals surface area contributed by atoms with Gasteiger partial charge in [-0.3, -0.25) is 9.59 Å². The number of carbonyl (C=O) groups is 2. The number of pyridine rings is 2. The molecule has 0 radical (unpaired) electrons. The number of carbonyl (C=O) groups excluding carboxylic acids is 2. The molecule has 8 heteroatoms. The van der Waals surface area contributed by atoms with E-state index in [1.54, 1.807) is 24.3 Å². The van der Waals surface area contributed by atoms with Crippen LogP contribution in [-0.2, 0) is 13.1 Å². The van der Waals surface area contributed by atoms with Gasteiger partial charge in [-0.2, -0.15) is 0 Å². The van der Waals surface area contributed by atoms with Crippen LogP contribution >= 0.6 is 23.2 Å². The minimum atomic E-state index is -0.289. The minimum Gasteiger partial charge on any atom is -0.348 e. The first kappa shape index (κ1) is 19.8. The van der Waals surface area contributed by atoms with Gasteiger partial charge in [0, 0.05) is 25.5 Å². The molecule has 0 aliphatic carbocycles. The van der Waals surface area contributed by atoms with E-state index in [2.05, 4.69) is 20.6 Å². The van der Waals surface area contributed by atoms with Gasteiger partial charge in [0.2, 0.25) is 0 Å². The number of aromatic nitrogens is 2. The Bertz CT molecular complexity index is 913. The maximum Gasteiger partial charge on any atom is 0.254 e. The van der Waals surface area contributed by atoms with Crippen LogP contribution in [0.2, 0.25) is 10.3 Å². The minimum absolute atomic E-state index is 0.166. The van der Waals surface area contributed by atoms with Gasteiger partial charge in [0.1, 0.15) is 10.3 Å². The Kier molecular flexibility index (Phi) is 6.57. The molecule has 2 amide bonds. The summed E-state index contributed by atoms with van der Waals surface area (Å²) in [6.07, 6.45) is 3.05. The van der Waals surface area contributed by atoms with E-state index in [1.807, 2.05) is 24.3 Å². The Morgan fingerprint density at radius 1 is 0.714 bits per heavy atom. The summed E-state index contributed by atoms with van der Waals surface area (Å²) in [4.78, 5) is 32.1. The smallest absolute Gasteiger partial charge is 0.254 e. The predicted molar refractivity (Wildman–Crippen MR) is 107 cm³/mol. The number of rotatable bonds is 6. The Labute approximate surface area is 171 Å². The summed E-state index contributed by atoms with van der Waals surface area (Å²) >= 11 is 11.8. The lowest BCUT2D eigenvalue weighted by Crippen LogP contribution is -2.24. The molecule has 0 spiro atoms. The Morgan fingerprint density at radius 2 is 1.11 bits per heavy atom. The van der Waals surface area contributed by atoms with Crippen molar-refractivity contribution in [1.29, 1.82) is 0 Å². The fraction of sp³-hybridized carbons (Fsp3) is 0.100. The molecule has 0 saturated carbocycles. The van der Waals surface area contributed by atoms with E-state index in [9.17, 15) is 9.59 Å². The number of hydrogen-bond donors (Lipinski definition) is 2. The molecule has 142 valence electrons. The third-order valence-corrected chi connectivity index (χ3v) is 4.54. The van der Waals surface area contributed by atoms with E-state index in [-0.39, 0.29) is 22.1 Å². The van der Waals surface area contributed by atoms with Crippen molar-refractivity contribution < 1.29 is 9.59 Å². The third-order valence-electron chi connectivity index (χ3n) is 3.94. The monoisotopic (exact) mass is 414 g/mol. The summed E-state index contributed by atoms with van der Waals surface area (Å²) in [6, 6.07) is 14.1. The zero-order valence-electron chi connectivity index (χ0n) is 14.7. The quantitative estimate of drug-likeness (QED) is 0.602. The number of amides is 2. The van der Waals surface area contributed by atoms with E-state index < -0.39 is 0 Å². The summed E-state index contributed by atoms with van der Waals surface area (Å²) in [5.74, 6) is -0.578. The fourth-order valence-corrected chi connectivity index (χ4v) is 2.85. The summed E-state index contributed by atoms with van der Waals surface area (Å²) in [5.41, 5.74) is 2.49. The standard InChI is InChI=1S/C20H16Cl2N4O2/c21-17-15(3-1-9-23-17)19(27)25-11-13-5-7-14(8-6-13)12-26-20(28)16-4-2-10-24-18(16)22/h1-10H,11-12H2,(H,25,27)(H,26,28). The molecule has 3 rings (SSSR count). The Morgan fingerprint density at radius 3 is 1.46 bits per heavy atom. The molecule has 6 nitrogen and oxygen atoms in total. The van der Waals surface area contributed by atoms with Crippen molar-refractivity contribution in [3.8, 4) is 0 Å². The van der Waals surface area contributed by atoms with Gasteiger partial charge < -0.3 is 10.6 Å². The number of nitrogens with zero attached hydrogens (tertiary/aromatic N) is 2. The number of nitrogens with one attached hydrogen (secondary N) is 2. The highest BCUT2D eigenvalue weighted by molar-refractivity contribution is 6.33. The molecule has 0 saturated heterocycles. The predicted octanol–water partition coefficient (Wildman–Crippen LogP) is 3.64. The molecular formula is C20H16Cl2N4O2. The highest BCUT2D eigenvalue weighted by Gasteiger charge is 2.11. The summed E-state index contributed by atoms with van der Waals surface area (Å²) < 4.78 is 0. The van der Waals surface area contributed by atoms with Gasteiger partial charge in [-0.05, 0) is 35.4 Å². The van der Waals surface area contributed by atoms with E-state index >= 15 is 0 Å². The van der Waals surface area contributed by atoms with Crippen LogP contribution in [0.4, 0.5) is 0 Å². The van der Waals surface area contributed by atoms with Crippen molar-refractivity contribution >= 4 is 35.0 Å². The van der Waals surface area contributed by atoms with Crippen molar-refractivity contribution in [2.75, 3.05) is 0 Å². The van der Waals surface area contributed by atoms with E-state index in [0.717, 1.165) is 11.1 Å². The van der Waals surface area contributed by atoms with Crippen LogP contribution in [0, 0.1) is 0 Å². The van der Waals surface area contributed by atoms with Crippen molar-refractivity contribution in [3.05, 3.63) is 93.5 Å². The molecule has 28 heavy (non-hydrogen) atoms. The molecule has 0 atom stereocenters. The molecule has 0 aliphatic heterocycles. The maximum absolute atomic E-state index is 12.1. The van der Waals surface area contributed by atoms with Crippen molar-refractivity contribution in [2.45, 2.75) is 13.1 Å². The summed E-state index contributed by atoms with van der Waals surface area (Å²) in [7, 11) is 0. The Balaban J connectivity index is 1.52. The second-order valence-electron chi connectivity index (χ2n) is 5.87. The van der Waals surface area contributed by atoms with Crippen LogP contribution < -0.4 is 10.6 Å². The SMILES string of the molecule is O=C(NCc1ccc(CNC(=O)c2cccnc2Cl)cc1)c1cccnc1Cl. The number of hydrogen-bond acceptors (Lipinski definition) is 4. The molecule has 0 bridgehead atoms. The van der Waals surface area contributed by atoms with Crippen LogP contribution in [0.5, 0.6) is 0 Å². The van der Waals surface area contributed by atoms with Gasteiger partial charge in [0.15, 0.2) is 0 Å². The molecule has 1 aromatic carbocycles. The normalized spacial score (nSPS) is 10.4. The molecule has 0 fully saturated rings. The lowest BCUT2D eigenvalue weighted by molar-refractivity contribution is 0.0942. The molecular weight excluding hydrogens is 399 g/mol. The largest absolute Gasteiger partial charge is 0.348 e. The lowest BCUT2D eigenvalue weighted by Gasteiger charge is -2.09. The molecule has 0 unspecified atom stereocenters. The third kappa shape index (κ3) is 5.06. The van der Waals surface area contributed by atoms with Crippen LogP contribution in [0.1, 0.15) is 31.8 Å². The Hall–Kier alpha value is -2.96. The second-order valence-corrected chi connectivity index (χ2v) is 6.58. The fourth-order valence-electron chi connectivity index (χ4n) is 2.44. The zero-order chi connectivity index (χ0) is 19.9. The van der Waals surface area contributed by atoms with Gasteiger partial charge >= 0.3 is 0 Å². The topological polar surface area (TPSA) is 84.0 Å². The van der Waals surface area contributed by atoms with Gasteiger partial charge in [0.25, 0.3) is 11.8 Å². The van der Waals surface area contributed by atoms with E-state index in [4.69, 9.17) is 23.2 Å². The first-order valence-electron chi connectivity index (χ1n) is 8.40. The first-order chi connectivity index (χ1) is 13.5. The lowest BCUT2D eigenvalue weighted by atomic mass is 10.1. The van der Waals surface area contributed by atoms with E-state index in [0.29, 0.717) is 24.2 Å². The number of halogens is 2. The maximum atomic E-state index is 12.1. The zero-order valence-corrected chi connectivity index (χ0v) is 16.2. The van der Waals surface area contributed by atoms with Crippen LogP contribution in [0.25, 0.3) is 0 Å². The molecule has 0 aliphatic rings. The summed E-state index contributed by atoms with van der Waals surface area (Å²) in [6.45, 7) is 0.698. The molecule has 3 aromatic rings. The first-order valence-corrected chi connectivity index (χ1v) is 9.15. The van der Waals surface area contributed by atoms with Gasteiger partial charge in [-0.1, -0.05) is 47.5 Å². The van der Waals surface area contributed by atoms with Crippen LogP contribution in [-0.4, -0.2) is 21.8 Å². The van der Waals surface area contributed by atoms with Crippen molar-refractivity contribution in [1.82, 2.24) is 20.6 Å². The van der Waals surface area contributed by atoms with Gasteiger partial charge in [-0.25, -0.2) is 9.97 Å². The average molecular weight is 415 g/mol. The van der Waals surface area contributed by atoms with E-state index in [1.165, 1.54) is 12.4 Å². The average Bonchev–Trinajstić information content (AvgIpc) is 2.71. The highest BCUT2D eigenvalue weighted by Crippen LogP contribution is 2.13. The van der Waals surface area contributed by atoms with Crippen molar-refractivity contribution in [2.24, 2.45) is 0 Å². The van der Waals surface area contributed by atoms with Crippen LogP contribution in [0.15, 0.2) is 60.9 Å². The van der Waals surface area contributed by atoms with Crippen LogP contribution in [0.3, 0.4) is 0 Å². The molecule has 2 N–H and O–H groups in total. The summed E-state index contributed by atoms with van der Waals surface area (Å²) in [5, 5.41) is 5.93. The van der Waals surface area contributed by atoms with Gasteiger partial charge in [-0.15, -0.1) is 0 Å².